The van der Waals surface area contributed by atoms with Gasteiger partial charge in [-0.05, 0) is 26.2 Å². The molecule has 0 radical (unpaired) electrons. The monoisotopic (exact) mass is 203 g/mol. The Balaban J connectivity index is 2.46. The zero-order valence-corrected chi connectivity index (χ0v) is 8.97. The molecule has 1 rings (SSSR count). The van der Waals surface area contributed by atoms with Crippen LogP contribution in [0.4, 0.5) is 4.39 Å². The topological polar surface area (TPSA) is 38.3 Å². The average molecular weight is 203 g/mol. The van der Waals surface area contributed by atoms with Crippen molar-refractivity contribution < 1.29 is 13.9 Å². The van der Waals surface area contributed by atoms with Crippen molar-refractivity contribution in [2.75, 3.05) is 13.2 Å². The molecule has 1 saturated heterocycles. The number of hydrogen-bond acceptors (Lipinski definition) is 2. The second-order valence-corrected chi connectivity index (χ2v) is 4.39. The molecule has 1 aliphatic rings. The quantitative estimate of drug-likeness (QED) is 0.734. The van der Waals surface area contributed by atoms with E-state index in [0.717, 1.165) is 6.42 Å². The molecule has 0 saturated carbocycles. The number of rotatable bonds is 2. The van der Waals surface area contributed by atoms with Crippen LogP contribution >= 0.6 is 0 Å². The molecule has 2 unspecified atom stereocenters. The third-order valence-electron chi connectivity index (χ3n) is 2.50. The van der Waals surface area contributed by atoms with Crippen LogP contribution in [0.3, 0.4) is 0 Å². The van der Waals surface area contributed by atoms with Gasteiger partial charge < -0.3 is 10.1 Å². The van der Waals surface area contributed by atoms with Crippen molar-refractivity contribution in [2.24, 2.45) is 5.92 Å². The summed E-state index contributed by atoms with van der Waals surface area (Å²) in [5.74, 6) is -0.272. The van der Waals surface area contributed by atoms with E-state index in [-0.39, 0.29) is 12.0 Å². The van der Waals surface area contributed by atoms with Crippen LogP contribution in [0.15, 0.2) is 0 Å². The molecule has 1 N–H and O–H groups in total. The summed E-state index contributed by atoms with van der Waals surface area (Å²) in [6.07, 6.45) is 0.767. The standard InChI is InChI=1S/C10H18FNO2/c1-7-6-14-5-4-8(7)12-9(13)10(2,3)11/h7-8H,4-6H2,1-3H3,(H,12,13). The van der Waals surface area contributed by atoms with Gasteiger partial charge in [0, 0.05) is 12.6 Å². The third kappa shape index (κ3) is 2.94. The third-order valence-corrected chi connectivity index (χ3v) is 2.50. The summed E-state index contributed by atoms with van der Waals surface area (Å²) in [5.41, 5.74) is -1.79. The van der Waals surface area contributed by atoms with Crippen LogP contribution in [0.5, 0.6) is 0 Å². The van der Waals surface area contributed by atoms with Gasteiger partial charge >= 0.3 is 0 Å². The summed E-state index contributed by atoms with van der Waals surface area (Å²) in [6, 6.07) is 0.0475. The smallest absolute Gasteiger partial charge is 0.257 e. The zero-order valence-electron chi connectivity index (χ0n) is 8.97. The maximum absolute atomic E-state index is 13.2. The van der Waals surface area contributed by atoms with Crippen molar-refractivity contribution >= 4 is 5.91 Å². The van der Waals surface area contributed by atoms with E-state index in [4.69, 9.17) is 4.74 Å². The van der Waals surface area contributed by atoms with E-state index < -0.39 is 11.6 Å². The Morgan fingerprint density at radius 3 is 2.71 bits per heavy atom. The minimum Gasteiger partial charge on any atom is -0.381 e. The lowest BCUT2D eigenvalue weighted by Gasteiger charge is -2.31. The van der Waals surface area contributed by atoms with Crippen molar-refractivity contribution in [3.8, 4) is 0 Å². The lowest BCUT2D eigenvalue weighted by molar-refractivity contribution is -0.132. The van der Waals surface area contributed by atoms with Gasteiger partial charge in [0.2, 0.25) is 0 Å². The van der Waals surface area contributed by atoms with Crippen molar-refractivity contribution in [1.82, 2.24) is 5.32 Å². The predicted octanol–water partition coefficient (Wildman–Crippen LogP) is 1.28. The lowest BCUT2D eigenvalue weighted by Crippen LogP contribution is -2.49. The number of alkyl halides is 1. The summed E-state index contributed by atoms with van der Waals surface area (Å²) in [4.78, 5) is 11.4. The molecular formula is C10H18FNO2. The molecule has 3 nitrogen and oxygen atoms in total. The minimum atomic E-state index is -1.79. The van der Waals surface area contributed by atoms with Crippen molar-refractivity contribution in [3.63, 3.8) is 0 Å². The summed E-state index contributed by atoms with van der Waals surface area (Å²) < 4.78 is 18.5. The van der Waals surface area contributed by atoms with E-state index in [1.54, 1.807) is 0 Å². The molecule has 0 aromatic carbocycles. The average Bonchev–Trinajstić information content (AvgIpc) is 2.07. The number of ether oxygens (including phenoxy) is 1. The summed E-state index contributed by atoms with van der Waals surface area (Å²) >= 11 is 0. The largest absolute Gasteiger partial charge is 0.381 e. The molecule has 0 aromatic heterocycles. The molecule has 1 amide bonds. The van der Waals surface area contributed by atoms with Gasteiger partial charge in [-0.15, -0.1) is 0 Å². The second-order valence-electron chi connectivity index (χ2n) is 4.39. The normalized spacial score (nSPS) is 28.6. The fraction of sp³-hybridized carbons (Fsp3) is 0.900. The van der Waals surface area contributed by atoms with E-state index in [9.17, 15) is 9.18 Å². The van der Waals surface area contributed by atoms with E-state index >= 15 is 0 Å². The number of carbonyl (C=O) groups is 1. The molecule has 1 fully saturated rings. The molecule has 0 spiro atoms. The van der Waals surface area contributed by atoms with Gasteiger partial charge in [-0.1, -0.05) is 6.92 Å². The fourth-order valence-electron chi connectivity index (χ4n) is 1.43. The first-order valence-electron chi connectivity index (χ1n) is 4.99. The summed E-state index contributed by atoms with van der Waals surface area (Å²) in [6.45, 7) is 5.81. The molecule has 1 aliphatic heterocycles. The van der Waals surface area contributed by atoms with Gasteiger partial charge in [0.25, 0.3) is 5.91 Å². The Hall–Kier alpha value is -0.640. The van der Waals surface area contributed by atoms with Gasteiger partial charge in [0.15, 0.2) is 5.67 Å². The summed E-state index contributed by atoms with van der Waals surface area (Å²) in [5, 5.41) is 2.71. The maximum Gasteiger partial charge on any atom is 0.257 e. The Bertz CT molecular complexity index is 213. The molecule has 0 aromatic rings. The summed E-state index contributed by atoms with van der Waals surface area (Å²) in [7, 11) is 0. The molecular weight excluding hydrogens is 185 g/mol. The highest BCUT2D eigenvalue weighted by molar-refractivity contribution is 5.84. The molecule has 4 heteroatoms. The van der Waals surface area contributed by atoms with Gasteiger partial charge in [0.1, 0.15) is 0 Å². The van der Waals surface area contributed by atoms with E-state index in [0.29, 0.717) is 13.2 Å². The number of carbonyl (C=O) groups excluding carboxylic acids is 1. The molecule has 82 valence electrons. The van der Waals surface area contributed by atoms with Crippen LogP contribution in [0.25, 0.3) is 0 Å². The van der Waals surface area contributed by atoms with Crippen LogP contribution in [0, 0.1) is 5.92 Å². The van der Waals surface area contributed by atoms with Crippen LogP contribution in [-0.4, -0.2) is 30.8 Å². The van der Waals surface area contributed by atoms with Gasteiger partial charge in [-0.3, -0.25) is 4.79 Å². The van der Waals surface area contributed by atoms with Crippen LogP contribution in [0.2, 0.25) is 0 Å². The Morgan fingerprint density at radius 1 is 1.57 bits per heavy atom. The molecule has 14 heavy (non-hydrogen) atoms. The number of amides is 1. The van der Waals surface area contributed by atoms with Gasteiger partial charge in [-0.2, -0.15) is 0 Å². The SMILES string of the molecule is CC1COCCC1NC(=O)C(C)(C)F. The first kappa shape index (κ1) is 11.4. The lowest BCUT2D eigenvalue weighted by atomic mass is 9.97. The number of hydrogen-bond donors (Lipinski definition) is 1. The zero-order chi connectivity index (χ0) is 10.8. The fourth-order valence-corrected chi connectivity index (χ4v) is 1.43. The maximum atomic E-state index is 13.2. The van der Waals surface area contributed by atoms with Gasteiger partial charge in [0.05, 0.1) is 6.61 Å². The highest BCUT2D eigenvalue weighted by Gasteiger charge is 2.31. The van der Waals surface area contributed by atoms with E-state index in [2.05, 4.69) is 5.32 Å². The van der Waals surface area contributed by atoms with Crippen molar-refractivity contribution in [1.29, 1.82) is 0 Å². The molecule has 0 aliphatic carbocycles. The highest BCUT2D eigenvalue weighted by atomic mass is 19.1. The first-order chi connectivity index (χ1) is 6.41. The minimum absolute atomic E-state index is 0.0475. The second kappa shape index (κ2) is 4.26. The van der Waals surface area contributed by atoms with Crippen molar-refractivity contribution in [2.45, 2.75) is 38.9 Å². The Morgan fingerprint density at radius 2 is 2.21 bits per heavy atom. The Kier molecular flexibility index (Phi) is 3.48. The molecule has 1 heterocycles. The molecule has 0 bridgehead atoms. The Labute approximate surface area is 84.0 Å². The molecule has 2 atom stereocenters. The number of halogens is 1. The van der Waals surface area contributed by atoms with Gasteiger partial charge in [-0.25, -0.2) is 4.39 Å². The van der Waals surface area contributed by atoms with Crippen LogP contribution in [0.1, 0.15) is 27.2 Å². The first-order valence-corrected chi connectivity index (χ1v) is 4.99. The number of nitrogens with one attached hydrogen (secondary N) is 1. The van der Waals surface area contributed by atoms with Crippen LogP contribution < -0.4 is 5.32 Å². The highest BCUT2D eigenvalue weighted by Crippen LogP contribution is 2.16. The predicted molar refractivity (Wildman–Crippen MR) is 51.7 cm³/mol. The van der Waals surface area contributed by atoms with Crippen LogP contribution in [-0.2, 0) is 9.53 Å². The van der Waals surface area contributed by atoms with E-state index in [1.165, 1.54) is 13.8 Å². The van der Waals surface area contributed by atoms with Crippen molar-refractivity contribution in [3.05, 3.63) is 0 Å². The van der Waals surface area contributed by atoms with E-state index in [1.807, 2.05) is 6.92 Å².